The molecule has 2 aromatic rings. The van der Waals surface area contributed by atoms with E-state index in [1.54, 1.807) is 36.4 Å². The maximum Gasteiger partial charge on any atom is 0.242 e. The molecule has 2 aromatic carbocycles. The van der Waals surface area contributed by atoms with Crippen molar-refractivity contribution in [2.75, 3.05) is 11.9 Å². The molecule has 0 aliphatic carbocycles. The summed E-state index contributed by atoms with van der Waals surface area (Å²) >= 11 is 3.25. The Bertz CT molecular complexity index is 838. The highest BCUT2D eigenvalue weighted by molar-refractivity contribution is 9.10. The third kappa shape index (κ3) is 5.29. The largest absolute Gasteiger partial charge is 0.492 e. The monoisotopic (exact) mass is 426 g/mol. The highest BCUT2D eigenvalue weighted by Crippen LogP contribution is 2.24. The van der Waals surface area contributed by atoms with Crippen molar-refractivity contribution in [3.05, 3.63) is 53.0 Å². The molecule has 0 aliphatic heterocycles. The van der Waals surface area contributed by atoms with E-state index in [4.69, 9.17) is 4.74 Å². The number of halogens is 1. The molecule has 25 heavy (non-hydrogen) atoms. The number of ether oxygens (including phenoxy) is 1. The Kier molecular flexibility index (Phi) is 6.57. The summed E-state index contributed by atoms with van der Waals surface area (Å²) in [6.45, 7) is 3.78. The molecule has 2 N–H and O–H groups in total. The molecule has 0 aliphatic rings. The molecule has 8 heteroatoms. The normalized spacial score (nSPS) is 12.4. The molecule has 0 spiro atoms. The van der Waals surface area contributed by atoms with E-state index in [1.165, 1.54) is 19.1 Å². The van der Waals surface area contributed by atoms with Crippen molar-refractivity contribution < 1.29 is 17.9 Å². The Morgan fingerprint density at radius 1 is 1.16 bits per heavy atom. The van der Waals surface area contributed by atoms with Gasteiger partial charge in [0.05, 0.1) is 23.2 Å². The van der Waals surface area contributed by atoms with Gasteiger partial charge >= 0.3 is 0 Å². The van der Waals surface area contributed by atoms with Gasteiger partial charge in [0.15, 0.2) is 0 Å². The summed E-state index contributed by atoms with van der Waals surface area (Å²) in [5, 5.41) is 2.68. The van der Waals surface area contributed by atoms with E-state index in [-0.39, 0.29) is 4.90 Å². The van der Waals surface area contributed by atoms with Crippen molar-refractivity contribution in [3.8, 4) is 5.75 Å². The van der Waals surface area contributed by atoms with E-state index in [0.717, 1.165) is 4.47 Å². The first-order valence-corrected chi connectivity index (χ1v) is 9.91. The molecular formula is C17H19BrN2O4S. The summed E-state index contributed by atoms with van der Waals surface area (Å²) in [6.07, 6.45) is 0. The third-order valence-corrected chi connectivity index (χ3v) is 5.38. The molecular weight excluding hydrogens is 408 g/mol. The lowest BCUT2D eigenvalue weighted by molar-refractivity contribution is -0.117. The Labute approximate surface area is 155 Å². The second-order valence-electron chi connectivity index (χ2n) is 5.22. The number of hydrogen-bond acceptors (Lipinski definition) is 4. The number of benzene rings is 2. The summed E-state index contributed by atoms with van der Waals surface area (Å²) in [5.41, 5.74) is 0.490. The van der Waals surface area contributed by atoms with Gasteiger partial charge in [-0.2, -0.15) is 4.72 Å². The van der Waals surface area contributed by atoms with Crippen LogP contribution in [0.15, 0.2) is 57.9 Å². The summed E-state index contributed by atoms with van der Waals surface area (Å²) in [6, 6.07) is 12.2. The number of hydrogen-bond donors (Lipinski definition) is 2. The fourth-order valence-electron chi connectivity index (χ4n) is 2.06. The molecule has 0 aromatic heterocycles. The van der Waals surface area contributed by atoms with E-state index in [2.05, 4.69) is 26.0 Å². The van der Waals surface area contributed by atoms with Crippen LogP contribution in [0.25, 0.3) is 0 Å². The van der Waals surface area contributed by atoms with Crippen molar-refractivity contribution in [2.45, 2.75) is 24.8 Å². The Balaban J connectivity index is 2.09. The highest BCUT2D eigenvalue weighted by atomic mass is 79.9. The molecule has 0 saturated heterocycles. The molecule has 1 amide bonds. The van der Waals surface area contributed by atoms with Crippen LogP contribution in [0.3, 0.4) is 0 Å². The lowest BCUT2D eigenvalue weighted by Crippen LogP contribution is -2.41. The van der Waals surface area contributed by atoms with Crippen LogP contribution in [-0.2, 0) is 14.8 Å². The second-order valence-corrected chi connectivity index (χ2v) is 7.84. The number of rotatable bonds is 7. The molecule has 1 unspecified atom stereocenters. The van der Waals surface area contributed by atoms with Gasteiger partial charge in [-0.1, -0.05) is 28.1 Å². The molecule has 0 heterocycles. The standard InChI is InChI=1S/C17H19BrN2O4S/c1-3-24-16-7-5-4-6-15(16)19-17(21)12(2)20-25(22,23)14-10-8-13(18)9-11-14/h4-12,20H,3H2,1-2H3,(H,19,21). The Hall–Kier alpha value is -1.90. The minimum absolute atomic E-state index is 0.0880. The zero-order chi connectivity index (χ0) is 18.4. The van der Waals surface area contributed by atoms with E-state index < -0.39 is 22.0 Å². The number of carbonyl (C=O) groups is 1. The first-order valence-electron chi connectivity index (χ1n) is 7.64. The van der Waals surface area contributed by atoms with E-state index >= 15 is 0 Å². The minimum Gasteiger partial charge on any atom is -0.492 e. The third-order valence-electron chi connectivity index (χ3n) is 3.29. The van der Waals surface area contributed by atoms with E-state index in [0.29, 0.717) is 18.0 Å². The van der Waals surface area contributed by atoms with E-state index in [1.807, 2.05) is 6.92 Å². The van der Waals surface area contributed by atoms with Gasteiger partial charge in [-0.15, -0.1) is 0 Å². The van der Waals surface area contributed by atoms with Gasteiger partial charge in [0.1, 0.15) is 5.75 Å². The van der Waals surface area contributed by atoms with Crippen LogP contribution in [-0.4, -0.2) is 27.0 Å². The summed E-state index contributed by atoms with van der Waals surface area (Å²) in [7, 11) is -3.80. The smallest absolute Gasteiger partial charge is 0.242 e. The lowest BCUT2D eigenvalue weighted by Gasteiger charge is -2.16. The van der Waals surface area contributed by atoms with Crippen molar-refractivity contribution >= 4 is 37.5 Å². The fraction of sp³-hybridized carbons (Fsp3) is 0.235. The maximum atomic E-state index is 12.3. The minimum atomic E-state index is -3.80. The van der Waals surface area contributed by atoms with Crippen molar-refractivity contribution in [1.29, 1.82) is 0 Å². The quantitative estimate of drug-likeness (QED) is 0.711. The van der Waals surface area contributed by atoms with Crippen LogP contribution in [0.2, 0.25) is 0 Å². The number of amides is 1. The topological polar surface area (TPSA) is 84.5 Å². The average molecular weight is 427 g/mol. The molecule has 0 bridgehead atoms. The second kappa shape index (κ2) is 8.46. The van der Waals surface area contributed by atoms with Crippen molar-refractivity contribution in [2.24, 2.45) is 0 Å². The van der Waals surface area contributed by atoms with Gasteiger partial charge < -0.3 is 10.1 Å². The van der Waals surface area contributed by atoms with Crippen LogP contribution in [0.4, 0.5) is 5.69 Å². The lowest BCUT2D eigenvalue weighted by atomic mass is 10.2. The van der Waals surface area contributed by atoms with Gasteiger partial charge in [0.2, 0.25) is 15.9 Å². The number of anilines is 1. The number of para-hydroxylation sites is 2. The SMILES string of the molecule is CCOc1ccccc1NC(=O)C(C)NS(=O)(=O)c1ccc(Br)cc1. The molecule has 2 rings (SSSR count). The predicted octanol–water partition coefficient (Wildman–Crippen LogP) is 3.15. The van der Waals surface area contributed by atoms with Gasteiger partial charge in [-0.3, -0.25) is 4.79 Å². The maximum absolute atomic E-state index is 12.3. The molecule has 134 valence electrons. The summed E-state index contributed by atoms with van der Waals surface area (Å²) in [5.74, 6) is 0.0501. The van der Waals surface area contributed by atoms with Crippen LogP contribution in [0.1, 0.15) is 13.8 Å². The Morgan fingerprint density at radius 2 is 1.80 bits per heavy atom. The first-order chi connectivity index (χ1) is 11.8. The van der Waals surface area contributed by atoms with E-state index in [9.17, 15) is 13.2 Å². The van der Waals surface area contributed by atoms with Gasteiger partial charge in [0.25, 0.3) is 0 Å². The van der Waals surface area contributed by atoms with Crippen LogP contribution >= 0.6 is 15.9 Å². The zero-order valence-electron chi connectivity index (χ0n) is 13.8. The fourth-order valence-corrected chi connectivity index (χ4v) is 3.53. The molecule has 0 fully saturated rings. The van der Waals surface area contributed by atoms with Gasteiger partial charge in [0, 0.05) is 4.47 Å². The summed E-state index contributed by atoms with van der Waals surface area (Å²) < 4.78 is 33.3. The molecule has 0 radical (unpaired) electrons. The van der Waals surface area contributed by atoms with Gasteiger partial charge in [-0.05, 0) is 50.2 Å². The van der Waals surface area contributed by atoms with Crippen molar-refractivity contribution in [1.82, 2.24) is 4.72 Å². The molecule has 6 nitrogen and oxygen atoms in total. The van der Waals surface area contributed by atoms with Crippen LogP contribution in [0, 0.1) is 0 Å². The zero-order valence-corrected chi connectivity index (χ0v) is 16.2. The predicted molar refractivity (Wildman–Crippen MR) is 100 cm³/mol. The number of sulfonamides is 1. The van der Waals surface area contributed by atoms with Crippen LogP contribution < -0.4 is 14.8 Å². The molecule has 1 atom stereocenters. The summed E-state index contributed by atoms with van der Waals surface area (Å²) in [4.78, 5) is 12.4. The molecule has 0 saturated carbocycles. The average Bonchev–Trinajstić information content (AvgIpc) is 2.57. The first kappa shape index (κ1) is 19.4. The van der Waals surface area contributed by atoms with Gasteiger partial charge in [-0.25, -0.2) is 8.42 Å². The van der Waals surface area contributed by atoms with Crippen molar-refractivity contribution in [3.63, 3.8) is 0 Å². The van der Waals surface area contributed by atoms with Crippen LogP contribution in [0.5, 0.6) is 5.75 Å². The number of nitrogens with one attached hydrogen (secondary N) is 2. The Morgan fingerprint density at radius 3 is 2.44 bits per heavy atom. The highest BCUT2D eigenvalue weighted by Gasteiger charge is 2.22. The number of carbonyl (C=O) groups excluding carboxylic acids is 1.